The van der Waals surface area contributed by atoms with Gasteiger partial charge in [-0.3, -0.25) is 9.48 Å². The van der Waals surface area contributed by atoms with Gasteiger partial charge in [0, 0.05) is 17.3 Å². The van der Waals surface area contributed by atoms with Crippen LogP contribution in [-0.4, -0.2) is 41.2 Å². The van der Waals surface area contributed by atoms with Crippen LogP contribution in [0.2, 0.25) is 5.02 Å². The first-order valence-electron chi connectivity index (χ1n) is 10.6. The molecule has 5 nitrogen and oxygen atoms in total. The van der Waals surface area contributed by atoms with E-state index in [4.69, 9.17) is 11.6 Å². The molecule has 0 bridgehead atoms. The van der Waals surface area contributed by atoms with Crippen LogP contribution in [0.4, 0.5) is 0 Å². The highest BCUT2D eigenvalue weighted by molar-refractivity contribution is 6.31. The number of halogens is 1. The monoisotopic (exact) mass is 438 g/mol. The Morgan fingerprint density at radius 3 is 2.42 bits per heavy atom. The van der Waals surface area contributed by atoms with Crippen molar-refractivity contribution >= 4 is 17.5 Å². The van der Waals surface area contributed by atoms with Crippen molar-refractivity contribution in [1.29, 1.82) is 0 Å². The van der Waals surface area contributed by atoms with Crippen LogP contribution in [0.15, 0.2) is 48.5 Å². The summed E-state index contributed by atoms with van der Waals surface area (Å²) in [6.45, 7) is 7.00. The highest BCUT2D eigenvalue weighted by Crippen LogP contribution is 2.21. The predicted octanol–water partition coefficient (Wildman–Crippen LogP) is 4.80. The van der Waals surface area contributed by atoms with Gasteiger partial charge in [0.2, 0.25) is 0 Å². The summed E-state index contributed by atoms with van der Waals surface area (Å²) in [5.41, 5.74) is 5.66. The summed E-state index contributed by atoms with van der Waals surface area (Å²) in [4.78, 5) is 15.2. The van der Waals surface area contributed by atoms with E-state index in [1.165, 1.54) is 11.1 Å². The second-order valence-electron chi connectivity index (χ2n) is 8.08. The number of nitrogens with one attached hydrogen (secondary N) is 1. The fraction of sp³-hybridized carbons (Fsp3) is 0.360. The molecule has 0 aliphatic rings. The zero-order valence-electron chi connectivity index (χ0n) is 18.9. The molecule has 0 spiro atoms. The minimum atomic E-state index is -0.0996. The van der Waals surface area contributed by atoms with E-state index in [1.807, 2.05) is 56.9 Å². The molecule has 2 aromatic carbocycles. The van der Waals surface area contributed by atoms with Crippen LogP contribution >= 0.6 is 11.6 Å². The molecule has 1 atom stereocenters. The van der Waals surface area contributed by atoms with E-state index in [0.717, 1.165) is 23.4 Å². The van der Waals surface area contributed by atoms with Crippen molar-refractivity contribution in [2.24, 2.45) is 0 Å². The number of likely N-dealkylation sites (N-methyl/N-ethyl adjacent to an activating group) is 1. The summed E-state index contributed by atoms with van der Waals surface area (Å²) in [6.07, 6.45) is 1.01. The number of aryl methyl sites for hydroxylation is 2. The lowest BCUT2D eigenvalue weighted by Crippen LogP contribution is -2.35. The highest BCUT2D eigenvalue weighted by Gasteiger charge is 2.21. The Balaban J connectivity index is 1.74. The standard InChI is InChI=1S/C25H31ClN4O/c1-6-19-11-13-20(14-12-19)23(29(4)5)15-27-25(31)24-17(2)28-30(18(24)3)16-21-9-7-8-10-22(21)26/h7-14,23H,6,15-16H2,1-5H3,(H,27,31). The number of nitrogens with zero attached hydrogens (tertiary/aromatic N) is 3. The number of carbonyl (C=O) groups is 1. The van der Waals surface area contributed by atoms with E-state index in [9.17, 15) is 4.79 Å². The Hall–Kier alpha value is -2.63. The predicted molar refractivity (Wildman–Crippen MR) is 127 cm³/mol. The molecular formula is C25H31ClN4O. The van der Waals surface area contributed by atoms with Gasteiger partial charge in [0.25, 0.3) is 5.91 Å². The van der Waals surface area contributed by atoms with E-state index < -0.39 is 0 Å². The minimum absolute atomic E-state index is 0.0913. The normalized spacial score (nSPS) is 12.2. The van der Waals surface area contributed by atoms with Crippen LogP contribution < -0.4 is 5.32 Å². The Labute approximate surface area is 190 Å². The first kappa shape index (κ1) is 23.0. The van der Waals surface area contributed by atoms with Crippen molar-refractivity contribution in [1.82, 2.24) is 20.0 Å². The molecule has 31 heavy (non-hydrogen) atoms. The fourth-order valence-corrected chi connectivity index (χ4v) is 4.01. The molecule has 3 aromatic rings. The number of amides is 1. The third kappa shape index (κ3) is 5.35. The summed E-state index contributed by atoms with van der Waals surface area (Å²) in [6, 6.07) is 16.4. The Morgan fingerprint density at radius 1 is 1.13 bits per heavy atom. The van der Waals surface area contributed by atoms with E-state index in [2.05, 4.69) is 46.5 Å². The molecular weight excluding hydrogens is 408 g/mol. The Bertz CT molecular complexity index is 1040. The van der Waals surface area contributed by atoms with Gasteiger partial charge in [0.15, 0.2) is 0 Å². The maximum atomic E-state index is 13.1. The van der Waals surface area contributed by atoms with Crippen molar-refractivity contribution in [2.45, 2.75) is 39.8 Å². The van der Waals surface area contributed by atoms with Crippen LogP contribution in [0, 0.1) is 13.8 Å². The third-order valence-electron chi connectivity index (χ3n) is 5.74. The number of benzene rings is 2. The lowest BCUT2D eigenvalue weighted by molar-refractivity contribution is 0.0940. The van der Waals surface area contributed by atoms with Crippen LogP contribution in [0.5, 0.6) is 0 Å². The summed E-state index contributed by atoms with van der Waals surface area (Å²) in [5, 5.41) is 8.41. The topological polar surface area (TPSA) is 50.2 Å². The van der Waals surface area contributed by atoms with Gasteiger partial charge in [-0.2, -0.15) is 5.10 Å². The fourth-order valence-electron chi connectivity index (χ4n) is 3.82. The maximum Gasteiger partial charge on any atom is 0.255 e. The van der Waals surface area contributed by atoms with Crippen molar-refractivity contribution in [3.8, 4) is 0 Å². The van der Waals surface area contributed by atoms with Gasteiger partial charge in [0.05, 0.1) is 23.8 Å². The van der Waals surface area contributed by atoms with E-state index in [0.29, 0.717) is 23.7 Å². The van der Waals surface area contributed by atoms with Gasteiger partial charge in [-0.25, -0.2) is 0 Å². The Morgan fingerprint density at radius 2 is 1.81 bits per heavy atom. The van der Waals surface area contributed by atoms with Crippen molar-refractivity contribution in [3.63, 3.8) is 0 Å². The first-order chi connectivity index (χ1) is 14.8. The first-order valence-corrected chi connectivity index (χ1v) is 11.0. The molecule has 1 amide bonds. The average Bonchev–Trinajstić information content (AvgIpc) is 3.03. The molecule has 164 valence electrons. The summed E-state index contributed by atoms with van der Waals surface area (Å²) >= 11 is 6.30. The van der Waals surface area contributed by atoms with Gasteiger partial charge < -0.3 is 10.2 Å². The van der Waals surface area contributed by atoms with Crippen LogP contribution in [0.3, 0.4) is 0 Å². The summed E-state index contributed by atoms with van der Waals surface area (Å²) in [7, 11) is 4.06. The maximum absolute atomic E-state index is 13.1. The molecule has 0 saturated carbocycles. The van der Waals surface area contributed by atoms with E-state index in [-0.39, 0.29) is 11.9 Å². The Kier molecular flexibility index (Phi) is 7.52. The van der Waals surface area contributed by atoms with Crippen molar-refractivity contribution in [2.75, 3.05) is 20.6 Å². The molecule has 3 rings (SSSR count). The lowest BCUT2D eigenvalue weighted by atomic mass is 10.0. The number of aromatic nitrogens is 2. The van der Waals surface area contributed by atoms with Crippen molar-refractivity contribution in [3.05, 3.63) is 87.2 Å². The molecule has 0 saturated heterocycles. The van der Waals surface area contributed by atoms with Gasteiger partial charge in [0.1, 0.15) is 0 Å². The SMILES string of the molecule is CCc1ccc(C(CNC(=O)c2c(C)nn(Cc3ccccc3Cl)c2C)N(C)C)cc1. The van der Waals surface area contributed by atoms with E-state index in [1.54, 1.807) is 0 Å². The zero-order chi connectivity index (χ0) is 22.5. The van der Waals surface area contributed by atoms with Crippen molar-refractivity contribution < 1.29 is 4.79 Å². The minimum Gasteiger partial charge on any atom is -0.350 e. The summed E-state index contributed by atoms with van der Waals surface area (Å²) in [5.74, 6) is -0.0996. The molecule has 0 radical (unpaired) electrons. The molecule has 1 N–H and O–H groups in total. The molecule has 0 aliphatic heterocycles. The van der Waals surface area contributed by atoms with Crippen LogP contribution in [0.25, 0.3) is 0 Å². The number of hydrogen-bond acceptors (Lipinski definition) is 3. The van der Waals surface area contributed by atoms with Gasteiger partial charge >= 0.3 is 0 Å². The smallest absolute Gasteiger partial charge is 0.255 e. The summed E-state index contributed by atoms with van der Waals surface area (Å²) < 4.78 is 1.85. The van der Waals surface area contributed by atoms with E-state index >= 15 is 0 Å². The second kappa shape index (κ2) is 10.1. The van der Waals surface area contributed by atoms with Crippen LogP contribution in [0.1, 0.15) is 51.4 Å². The molecule has 6 heteroatoms. The number of carbonyl (C=O) groups excluding carboxylic acids is 1. The zero-order valence-corrected chi connectivity index (χ0v) is 19.7. The molecule has 1 heterocycles. The number of hydrogen-bond donors (Lipinski definition) is 1. The number of rotatable bonds is 8. The molecule has 0 fully saturated rings. The largest absolute Gasteiger partial charge is 0.350 e. The average molecular weight is 439 g/mol. The quantitative estimate of drug-likeness (QED) is 0.549. The van der Waals surface area contributed by atoms with Gasteiger partial charge in [-0.15, -0.1) is 0 Å². The third-order valence-corrected chi connectivity index (χ3v) is 6.11. The van der Waals surface area contributed by atoms with Gasteiger partial charge in [-0.05, 0) is 57.1 Å². The van der Waals surface area contributed by atoms with Crippen LogP contribution in [-0.2, 0) is 13.0 Å². The highest BCUT2D eigenvalue weighted by atomic mass is 35.5. The second-order valence-corrected chi connectivity index (χ2v) is 8.49. The van der Waals surface area contributed by atoms with Gasteiger partial charge in [-0.1, -0.05) is 61.0 Å². The molecule has 1 aromatic heterocycles. The molecule has 1 unspecified atom stereocenters. The molecule has 0 aliphatic carbocycles. The lowest BCUT2D eigenvalue weighted by Gasteiger charge is -2.25.